The summed E-state index contributed by atoms with van der Waals surface area (Å²) in [7, 11) is 0. The lowest BCUT2D eigenvalue weighted by atomic mass is 9.77. The summed E-state index contributed by atoms with van der Waals surface area (Å²) in [5.41, 5.74) is 1.27. The molecule has 20 heavy (non-hydrogen) atoms. The third-order valence-electron chi connectivity index (χ3n) is 4.96. The number of piperidine rings is 1. The maximum atomic E-state index is 13.7. The molecule has 0 bridgehead atoms. The summed E-state index contributed by atoms with van der Waals surface area (Å²) in [5.74, 6) is 1.49. The van der Waals surface area contributed by atoms with E-state index in [9.17, 15) is 4.39 Å². The van der Waals surface area contributed by atoms with Gasteiger partial charge in [-0.05, 0) is 43.7 Å². The number of rotatable bonds is 1. The Morgan fingerprint density at radius 3 is 2.90 bits per heavy atom. The number of nitrogens with one attached hydrogen (secondary N) is 2. The number of fused-ring (bicyclic) bond motifs is 2. The van der Waals surface area contributed by atoms with Gasteiger partial charge in [0, 0.05) is 6.04 Å². The van der Waals surface area contributed by atoms with Gasteiger partial charge in [0.2, 0.25) is 0 Å². The molecule has 0 spiro atoms. The Labute approximate surface area is 118 Å². The quantitative estimate of drug-likeness (QED) is 0.832. The number of hydrogen-bond donors (Lipinski definition) is 2. The van der Waals surface area contributed by atoms with Crippen LogP contribution in [0.15, 0.2) is 18.2 Å². The lowest BCUT2D eigenvalue weighted by Crippen LogP contribution is -2.45. The predicted octanol–water partition coefficient (Wildman–Crippen LogP) is 3.69. The normalized spacial score (nSPS) is 30.4. The van der Waals surface area contributed by atoms with Crippen molar-refractivity contribution in [1.29, 1.82) is 0 Å². The molecule has 2 N–H and O–H groups in total. The van der Waals surface area contributed by atoms with Gasteiger partial charge in [-0.1, -0.05) is 18.9 Å². The second-order valence-corrected chi connectivity index (χ2v) is 6.21. The SMILES string of the molecule is Fc1cccc2[nH]c(C3CCC4CCCCC4N3)nc12. The standard InChI is InChI=1S/C16H20FN3/c17-11-5-3-7-13-15(11)20-16(19-13)14-9-8-10-4-1-2-6-12(10)18-14/h3,5,7,10,12,14,18H,1-2,4,6,8-9H2,(H,19,20). The molecule has 1 aromatic carbocycles. The predicted molar refractivity (Wildman–Crippen MR) is 76.9 cm³/mol. The first-order valence-corrected chi connectivity index (χ1v) is 7.71. The summed E-state index contributed by atoms with van der Waals surface area (Å²) < 4.78 is 13.7. The van der Waals surface area contributed by atoms with E-state index < -0.39 is 0 Å². The van der Waals surface area contributed by atoms with Gasteiger partial charge in [0.05, 0.1) is 11.6 Å². The van der Waals surface area contributed by atoms with E-state index in [1.807, 2.05) is 6.07 Å². The van der Waals surface area contributed by atoms with Crippen molar-refractivity contribution in [3.8, 4) is 0 Å². The van der Waals surface area contributed by atoms with Gasteiger partial charge in [-0.3, -0.25) is 0 Å². The Kier molecular flexibility index (Phi) is 2.99. The minimum Gasteiger partial charge on any atom is -0.341 e. The van der Waals surface area contributed by atoms with Crippen molar-refractivity contribution in [2.45, 2.75) is 50.6 Å². The van der Waals surface area contributed by atoms with Crippen molar-refractivity contribution >= 4 is 11.0 Å². The highest BCUT2D eigenvalue weighted by Gasteiger charge is 2.33. The number of halogens is 1. The molecule has 4 heteroatoms. The van der Waals surface area contributed by atoms with E-state index in [0.29, 0.717) is 11.6 Å². The zero-order valence-electron chi connectivity index (χ0n) is 11.5. The average Bonchev–Trinajstić information content (AvgIpc) is 2.92. The Morgan fingerprint density at radius 1 is 1.10 bits per heavy atom. The largest absolute Gasteiger partial charge is 0.341 e. The molecule has 1 aromatic heterocycles. The number of para-hydroxylation sites is 1. The van der Waals surface area contributed by atoms with Crippen molar-refractivity contribution in [2.24, 2.45) is 5.92 Å². The zero-order valence-corrected chi connectivity index (χ0v) is 11.5. The fourth-order valence-electron chi connectivity index (χ4n) is 3.89. The van der Waals surface area contributed by atoms with Crippen LogP contribution in [0.4, 0.5) is 4.39 Å². The zero-order chi connectivity index (χ0) is 13.5. The van der Waals surface area contributed by atoms with E-state index in [1.54, 1.807) is 6.07 Å². The van der Waals surface area contributed by atoms with E-state index in [0.717, 1.165) is 23.7 Å². The second kappa shape index (κ2) is 4.85. The Hall–Kier alpha value is -1.42. The monoisotopic (exact) mass is 273 g/mol. The number of aromatic nitrogens is 2. The Bertz CT molecular complexity index is 621. The fourth-order valence-corrected chi connectivity index (χ4v) is 3.89. The van der Waals surface area contributed by atoms with Gasteiger partial charge < -0.3 is 10.3 Å². The van der Waals surface area contributed by atoms with Crippen molar-refractivity contribution in [1.82, 2.24) is 15.3 Å². The van der Waals surface area contributed by atoms with Crippen molar-refractivity contribution in [3.63, 3.8) is 0 Å². The van der Waals surface area contributed by atoms with E-state index in [-0.39, 0.29) is 11.9 Å². The van der Waals surface area contributed by atoms with Gasteiger partial charge in [0.15, 0.2) is 5.82 Å². The number of H-pyrrole nitrogens is 1. The topological polar surface area (TPSA) is 40.7 Å². The maximum absolute atomic E-state index is 13.7. The molecule has 1 saturated carbocycles. The third-order valence-corrected chi connectivity index (χ3v) is 4.96. The Balaban J connectivity index is 1.61. The van der Waals surface area contributed by atoms with Gasteiger partial charge >= 0.3 is 0 Å². The third kappa shape index (κ3) is 2.03. The van der Waals surface area contributed by atoms with Crippen LogP contribution in [0.5, 0.6) is 0 Å². The van der Waals surface area contributed by atoms with E-state index in [4.69, 9.17) is 0 Å². The van der Waals surface area contributed by atoms with Gasteiger partial charge in [0.25, 0.3) is 0 Å². The first-order valence-electron chi connectivity index (χ1n) is 7.71. The van der Waals surface area contributed by atoms with E-state index in [1.165, 1.54) is 38.2 Å². The van der Waals surface area contributed by atoms with Gasteiger partial charge in [-0.15, -0.1) is 0 Å². The molecule has 106 valence electrons. The number of imidazole rings is 1. The van der Waals surface area contributed by atoms with Gasteiger partial charge in [-0.2, -0.15) is 0 Å². The molecule has 1 aliphatic heterocycles. The molecule has 3 nitrogen and oxygen atoms in total. The number of benzene rings is 1. The van der Waals surface area contributed by atoms with Crippen LogP contribution in [-0.4, -0.2) is 16.0 Å². The molecule has 0 amide bonds. The summed E-state index contributed by atoms with van der Waals surface area (Å²) in [6, 6.07) is 5.96. The summed E-state index contributed by atoms with van der Waals surface area (Å²) in [5, 5.41) is 3.74. The van der Waals surface area contributed by atoms with Crippen LogP contribution in [0.2, 0.25) is 0 Å². The molecule has 4 rings (SSSR count). The van der Waals surface area contributed by atoms with Gasteiger partial charge in [0.1, 0.15) is 11.3 Å². The second-order valence-electron chi connectivity index (χ2n) is 6.21. The minimum atomic E-state index is -0.239. The fraction of sp³-hybridized carbons (Fsp3) is 0.562. The summed E-state index contributed by atoms with van der Waals surface area (Å²) in [4.78, 5) is 7.77. The minimum absolute atomic E-state index is 0.239. The highest BCUT2D eigenvalue weighted by Crippen LogP contribution is 2.36. The van der Waals surface area contributed by atoms with Crippen LogP contribution in [0.3, 0.4) is 0 Å². The number of aromatic amines is 1. The molecule has 2 heterocycles. The van der Waals surface area contributed by atoms with Crippen molar-refractivity contribution in [3.05, 3.63) is 29.8 Å². The molecule has 2 aromatic rings. The molecule has 1 aliphatic carbocycles. The molecule has 0 radical (unpaired) electrons. The smallest absolute Gasteiger partial charge is 0.151 e. The lowest BCUT2D eigenvalue weighted by Gasteiger charge is -2.39. The first kappa shape index (κ1) is 12.3. The van der Waals surface area contributed by atoms with E-state index in [2.05, 4.69) is 15.3 Å². The molecule has 3 unspecified atom stereocenters. The van der Waals surface area contributed by atoms with E-state index >= 15 is 0 Å². The summed E-state index contributed by atoms with van der Waals surface area (Å²) in [6.07, 6.45) is 7.71. The van der Waals surface area contributed by atoms with Crippen LogP contribution < -0.4 is 5.32 Å². The van der Waals surface area contributed by atoms with Crippen LogP contribution in [0, 0.1) is 11.7 Å². The molecule has 2 aliphatic rings. The molecule has 1 saturated heterocycles. The maximum Gasteiger partial charge on any atom is 0.151 e. The highest BCUT2D eigenvalue weighted by molar-refractivity contribution is 5.75. The van der Waals surface area contributed by atoms with Crippen LogP contribution >= 0.6 is 0 Å². The summed E-state index contributed by atoms with van der Waals surface area (Å²) in [6.45, 7) is 0. The molecular formula is C16H20FN3. The summed E-state index contributed by atoms with van der Waals surface area (Å²) >= 11 is 0. The molecular weight excluding hydrogens is 253 g/mol. The number of nitrogens with zero attached hydrogens (tertiary/aromatic N) is 1. The van der Waals surface area contributed by atoms with Crippen LogP contribution in [0.25, 0.3) is 11.0 Å². The molecule has 3 atom stereocenters. The first-order chi connectivity index (χ1) is 9.81. The number of hydrogen-bond acceptors (Lipinski definition) is 2. The van der Waals surface area contributed by atoms with Crippen molar-refractivity contribution in [2.75, 3.05) is 0 Å². The Morgan fingerprint density at radius 2 is 2.00 bits per heavy atom. The molecule has 2 fully saturated rings. The lowest BCUT2D eigenvalue weighted by molar-refractivity contribution is 0.174. The van der Waals surface area contributed by atoms with Crippen LogP contribution in [-0.2, 0) is 0 Å². The van der Waals surface area contributed by atoms with Crippen molar-refractivity contribution < 1.29 is 4.39 Å². The van der Waals surface area contributed by atoms with Gasteiger partial charge in [-0.25, -0.2) is 9.37 Å². The average molecular weight is 273 g/mol. The highest BCUT2D eigenvalue weighted by atomic mass is 19.1. The van der Waals surface area contributed by atoms with Crippen LogP contribution in [0.1, 0.15) is 50.4 Å².